The minimum absolute atomic E-state index is 0.210. The molecule has 0 saturated heterocycles. The summed E-state index contributed by atoms with van der Waals surface area (Å²) in [6.07, 6.45) is 0. The molecular weight excluding hydrogens is 290 g/mol. The van der Waals surface area contributed by atoms with Crippen molar-refractivity contribution in [3.05, 3.63) is 40.5 Å². The summed E-state index contributed by atoms with van der Waals surface area (Å²) in [4.78, 5) is 4.29. The van der Waals surface area contributed by atoms with Gasteiger partial charge in [0.1, 0.15) is 5.75 Å². The van der Waals surface area contributed by atoms with Crippen LogP contribution >= 0.6 is 11.6 Å². The monoisotopic (exact) mass is 309 g/mol. The molecular formula is C15H20ClN3O2. The number of ether oxygens (including phenoxy) is 1. The van der Waals surface area contributed by atoms with Crippen molar-refractivity contribution in [3.8, 4) is 5.75 Å². The minimum atomic E-state index is 0.210. The van der Waals surface area contributed by atoms with Crippen LogP contribution in [0, 0.1) is 0 Å². The third kappa shape index (κ3) is 4.19. The zero-order valence-electron chi connectivity index (χ0n) is 12.5. The van der Waals surface area contributed by atoms with Gasteiger partial charge >= 0.3 is 0 Å². The van der Waals surface area contributed by atoms with Crippen molar-refractivity contribution in [1.29, 1.82) is 0 Å². The van der Waals surface area contributed by atoms with Gasteiger partial charge in [0.2, 0.25) is 11.7 Å². The van der Waals surface area contributed by atoms with Gasteiger partial charge in [-0.25, -0.2) is 0 Å². The number of benzene rings is 1. The van der Waals surface area contributed by atoms with E-state index < -0.39 is 0 Å². The molecule has 0 saturated carbocycles. The smallest absolute Gasteiger partial charge is 0.229 e. The Balaban J connectivity index is 2.06. The average Bonchev–Trinajstić information content (AvgIpc) is 2.93. The summed E-state index contributed by atoms with van der Waals surface area (Å²) in [6, 6.07) is 5.61. The van der Waals surface area contributed by atoms with E-state index in [1.807, 2.05) is 39.0 Å². The fraction of sp³-hybridized carbons (Fsp3) is 0.467. The van der Waals surface area contributed by atoms with Crippen LogP contribution in [-0.2, 0) is 13.2 Å². The molecule has 0 amide bonds. The van der Waals surface area contributed by atoms with Crippen LogP contribution in [0.25, 0.3) is 0 Å². The molecule has 21 heavy (non-hydrogen) atoms. The van der Waals surface area contributed by atoms with E-state index in [9.17, 15) is 0 Å². The van der Waals surface area contributed by atoms with Gasteiger partial charge in [-0.15, -0.1) is 0 Å². The summed E-state index contributed by atoms with van der Waals surface area (Å²) < 4.78 is 10.9. The number of halogens is 1. The largest absolute Gasteiger partial charge is 0.485 e. The average molecular weight is 310 g/mol. The SMILES string of the molecule is CCNCc1c(Cl)cccc1OCc1noc(C(C)C)n1. The van der Waals surface area contributed by atoms with Crippen LogP contribution in [-0.4, -0.2) is 16.7 Å². The van der Waals surface area contributed by atoms with Crippen LogP contribution in [0.1, 0.15) is 44.0 Å². The number of aromatic nitrogens is 2. The molecule has 1 aromatic carbocycles. The standard InChI is InChI=1S/C15H20ClN3O2/c1-4-17-8-11-12(16)6-5-7-13(11)20-9-14-18-15(10(2)3)21-19-14/h5-7,10,17H,4,8-9H2,1-3H3. The molecule has 0 unspecified atom stereocenters. The second kappa shape index (κ2) is 7.43. The number of hydrogen-bond donors (Lipinski definition) is 1. The summed E-state index contributed by atoms with van der Waals surface area (Å²) in [5.41, 5.74) is 0.939. The van der Waals surface area contributed by atoms with Crippen LogP contribution in [0.5, 0.6) is 5.75 Å². The highest BCUT2D eigenvalue weighted by molar-refractivity contribution is 6.31. The van der Waals surface area contributed by atoms with E-state index in [1.54, 1.807) is 0 Å². The Morgan fingerprint density at radius 1 is 1.38 bits per heavy atom. The van der Waals surface area contributed by atoms with E-state index >= 15 is 0 Å². The molecule has 1 N–H and O–H groups in total. The summed E-state index contributed by atoms with van der Waals surface area (Å²) in [5, 5.41) is 7.84. The Bertz CT molecular complexity index is 584. The van der Waals surface area contributed by atoms with Crippen molar-refractivity contribution in [2.45, 2.75) is 39.8 Å². The van der Waals surface area contributed by atoms with Gasteiger partial charge in [-0.2, -0.15) is 4.98 Å². The molecule has 114 valence electrons. The molecule has 0 spiro atoms. The number of hydrogen-bond acceptors (Lipinski definition) is 5. The Hall–Kier alpha value is -1.59. The number of nitrogens with zero attached hydrogens (tertiary/aromatic N) is 2. The lowest BCUT2D eigenvalue weighted by Gasteiger charge is -2.12. The second-order valence-corrected chi connectivity index (χ2v) is 5.40. The molecule has 0 aliphatic rings. The molecule has 6 heteroatoms. The maximum Gasteiger partial charge on any atom is 0.229 e. The summed E-state index contributed by atoms with van der Waals surface area (Å²) in [5.74, 6) is 2.10. The first kappa shape index (κ1) is 15.8. The van der Waals surface area contributed by atoms with Crippen LogP contribution in [0.15, 0.2) is 22.7 Å². The highest BCUT2D eigenvalue weighted by atomic mass is 35.5. The van der Waals surface area contributed by atoms with Gasteiger partial charge in [-0.1, -0.05) is 43.6 Å². The van der Waals surface area contributed by atoms with Crippen LogP contribution in [0.2, 0.25) is 5.02 Å². The van der Waals surface area contributed by atoms with E-state index in [0.717, 1.165) is 17.9 Å². The minimum Gasteiger partial charge on any atom is -0.485 e. The van der Waals surface area contributed by atoms with E-state index in [0.29, 0.717) is 23.3 Å². The van der Waals surface area contributed by atoms with Crippen molar-refractivity contribution in [2.24, 2.45) is 0 Å². The Morgan fingerprint density at radius 2 is 2.19 bits per heavy atom. The molecule has 0 aliphatic heterocycles. The highest BCUT2D eigenvalue weighted by Crippen LogP contribution is 2.27. The Kier molecular flexibility index (Phi) is 5.59. The molecule has 1 aromatic heterocycles. The van der Waals surface area contributed by atoms with Gasteiger partial charge < -0.3 is 14.6 Å². The molecule has 0 atom stereocenters. The van der Waals surface area contributed by atoms with Gasteiger partial charge in [0.15, 0.2) is 6.61 Å². The summed E-state index contributed by atoms with van der Waals surface area (Å²) >= 11 is 6.22. The number of rotatable bonds is 7. The van der Waals surface area contributed by atoms with Crippen molar-refractivity contribution in [2.75, 3.05) is 6.54 Å². The summed E-state index contributed by atoms with van der Waals surface area (Å²) in [7, 11) is 0. The molecule has 2 rings (SSSR count). The van der Waals surface area contributed by atoms with E-state index in [1.165, 1.54) is 0 Å². The Labute approximate surface area is 129 Å². The topological polar surface area (TPSA) is 60.2 Å². The lowest BCUT2D eigenvalue weighted by Crippen LogP contribution is -2.13. The maximum atomic E-state index is 6.22. The quantitative estimate of drug-likeness (QED) is 0.847. The van der Waals surface area contributed by atoms with Crippen LogP contribution in [0.3, 0.4) is 0 Å². The number of nitrogens with one attached hydrogen (secondary N) is 1. The molecule has 2 aromatic rings. The lowest BCUT2D eigenvalue weighted by molar-refractivity contribution is 0.281. The van der Waals surface area contributed by atoms with Crippen LogP contribution in [0.4, 0.5) is 0 Å². The van der Waals surface area contributed by atoms with E-state index in [4.69, 9.17) is 20.9 Å². The van der Waals surface area contributed by atoms with Crippen LogP contribution < -0.4 is 10.1 Å². The third-order valence-electron chi connectivity index (χ3n) is 2.96. The van der Waals surface area contributed by atoms with Gasteiger partial charge in [0.05, 0.1) is 0 Å². The summed E-state index contributed by atoms with van der Waals surface area (Å²) in [6.45, 7) is 7.84. The highest BCUT2D eigenvalue weighted by Gasteiger charge is 2.12. The fourth-order valence-corrected chi connectivity index (χ4v) is 2.03. The zero-order valence-corrected chi connectivity index (χ0v) is 13.3. The van der Waals surface area contributed by atoms with Crippen molar-refractivity contribution in [3.63, 3.8) is 0 Å². The predicted molar refractivity (Wildman–Crippen MR) is 81.6 cm³/mol. The maximum absolute atomic E-state index is 6.22. The van der Waals surface area contributed by atoms with Crippen molar-refractivity contribution < 1.29 is 9.26 Å². The van der Waals surface area contributed by atoms with E-state index in [2.05, 4.69) is 15.5 Å². The van der Waals surface area contributed by atoms with Crippen molar-refractivity contribution in [1.82, 2.24) is 15.5 Å². The normalized spacial score (nSPS) is 11.1. The fourth-order valence-electron chi connectivity index (χ4n) is 1.80. The van der Waals surface area contributed by atoms with Crippen molar-refractivity contribution >= 4 is 11.6 Å². The molecule has 0 aliphatic carbocycles. The molecule has 5 nitrogen and oxygen atoms in total. The predicted octanol–water partition coefficient (Wildman–Crippen LogP) is 3.53. The zero-order chi connectivity index (χ0) is 15.2. The Morgan fingerprint density at radius 3 is 2.86 bits per heavy atom. The third-order valence-corrected chi connectivity index (χ3v) is 3.32. The van der Waals surface area contributed by atoms with Gasteiger partial charge in [-0.05, 0) is 18.7 Å². The molecule has 0 bridgehead atoms. The first-order valence-electron chi connectivity index (χ1n) is 7.05. The first-order valence-corrected chi connectivity index (χ1v) is 7.43. The first-order chi connectivity index (χ1) is 10.1. The molecule has 0 radical (unpaired) electrons. The van der Waals surface area contributed by atoms with Gasteiger partial charge in [0, 0.05) is 23.0 Å². The molecule has 0 fully saturated rings. The lowest BCUT2D eigenvalue weighted by atomic mass is 10.2. The second-order valence-electron chi connectivity index (χ2n) is 4.99. The molecule has 1 heterocycles. The van der Waals surface area contributed by atoms with Gasteiger partial charge in [-0.3, -0.25) is 0 Å². The van der Waals surface area contributed by atoms with Gasteiger partial charge in [0.25, 0.3) is 0 Å². The van der Waals surface area contributed by atoms with E-state index in [-0.39, 0.29) is 12.5 Å².